The summed E-state index contributed by atoms with van der Waals surface area (Å²) in [6.07, 6.45) is 3.66. The van der Waals surface area contributed by atoms with Crippen LogP contribution in [0.2, 0.25) is 10.0 Å². The number of carbonyl (C=O) groups excluding carboxylic acids is 1. The van der Waals surface area contributed by atoms with Crippen molar-refractivity contribution >= 4 is 41.5 Å². The molecule has 4 nitrogen and oxygen atoms in total. The van der Waals surface area contributed by atoms with Gasteiger partial charge in [0.15, 0.2) is 0 Å². The lowest BCUT2D eigenvalue weighted by Crippen LogP contribution is -2.46. The standard InChI is InChI=1S/C17H22Cl2N2O2.ClH/c18-14-5-4-11(9-15(14)19)16-10-21(6-7-23-16)17(22)12-2-1-3-13(20)8-12;/h4-5,9,12-13,16H,1-3,6-8,10,20H2;1H. The monoisotopic (exact) mass is 392 g/mol. The molecule has 1 heterocycles. The lowest BCUT2D eigenvalue weighted by atomic mass is 9.85. The first-order valence-electron chi connectivity index (χ1n) is 8.15. The summed E-state index contributed by atoms with van der Waals surface area (Å²) in [5, 5.41) is 1.03. The van der Waals surface area contributed by atoms with Crippen molar-refractivity contribution in [2.24, 2.45) is 11.7 Å². The van der Waals surface area contributed by atoms with Gasteiger partial charge in [-0.05, 0) is 37.0 Å². The molecule has 2 aliphatic rings. The number of carbonyl (C=O) groups is 1. The highest BCUT2D eigenvalue weighted by molar-refractivity contribution is 6.42. The number of amides is 1. The number of hydrogen-bond acceptors (Lipinski definition) is 3. The van der Waals surface area contributed by atoms with E-state index in [0.29, 0.717) is 29.7 Å². The van der Waals surface area contributed by atoms with Crippen LogP contribution in [0.1, 0.15) is 37.4 Å². The molecule has 134 valence electrons. The van der Waals surface area contributed by atoms with Crippen molar-refractivity contribution in [3.05, 3.63) is 33.8 Å². The fourth-order valence-corrected chi connectivity index (χ4v) is 3.78. The van der Waals surface area contributed by atoms with Gasteiger partial charge in [-0.1, -0.05) is 35.7 Å². The molecule has 7 heteroatoms. The number of benzene rings is 1. The van der Waals surface area contributed by atoms with Gasteiger partial charge in [0.2, 0.25) is 5.91 Å². The molecule has 2 N–H and O–H groups in total. The fraction of sp³-hybridized carbons (Fsp3) is 0.588. The van der Waals surface area contributed by atoms with E-state index in [-0.39, 0.29) is 36.4 Å². The Morgan fingerprint density at radius 3 is 2.75 bits per heavy atom. The summed E-state index contributed by atoms with van der Waals surface area (Å²) in [7, 11) is 0. The van der Waals surface area contributed by atoms with Crippen LogP contribution in [0.3, 0.4) is 0 Å². The van der Waals surface area contributed by atoms with Gasteiger partial charge < -0.3 is 15.4 Å². The van der Waals surface area contributed by atoms with Gasteiger partial charge >= 0.3 is 0 Å². The number of nitrogens with zero attached hydrogens (tertiary/aromatic N) is 1. The molecule has 1 aliphatic carbocycles. The van der Waals surface area contributed by atoms with E-state index < -0.39 is 0 Å². The van der Waals surface area contributed by atoms with Crippen molar-refractivity contribution in [1.29, 1.82) is 0 Å². The first kappa shape index (κ1) is 19.8. The molecule has 3 atom stereocenters. The van der Waals surface area contributed by atoms with Gasteiger partial charge in [-0.3, -0.25) is 4.79 Å². The molecule has 0 bridgehead atoms. The minimum atomic E-state index is -0.153. The van der Waals surface area contributed by atoms with Gasteiger partial charge in [0.25, 0.3) is 0 Å². The van der Waals surface area contributed by atoms with E-state index in [4.69, 9.17) is 33.7 Å². The van der Waals surface area contributed by atoms with E-state index in [1.807, 2.05) is 17.0 Å². The van der Waals surface area contributed by atoms with E-state index in [1.54, 1.807) is 6.07 Å². The van der Waals surface area contributed by atoms with Crippen LogP contribution in [0.5, 0.6) is 0 Å². The van der Waals surface area contributed by atoms with Crippen molar-refractivity contribution in [3.63, 3.8) is 0 Å². The van der Waals surface area contributed by atoms with Crippen LogP contribution in [-0.4, -0.2) is 36.5 Å². The van der Waals surface area contributed by atoms with E-state index in [0.717, 1.165) is 31.2 Å². The zero-order chi connectivity index (χ0) is 16.4. The van der Waals surface area contributed by atoms with Crippen LogP contribution in [0.15, 0.2) is 18.2 Å². The summed E-state index contributed by atoms with van der Waals surface area (Å²) in [5.74, 6) is 0.278. The number of hydrogen-bond donors (Lipinski definition) is 1. The maximum atomic E-state index is 12.8. The molecule has 2 fully saturated rings. The topological polar surface area (TPSA) is 55.6 Å². The zero-order valence-corrected chi connectivity index (χ0v) is 15.7. The fourth-order valence-electron chi connectivity index (χ4n) is 3.47. The zero-order valence-electron chi connectivity index (χ0n) is 13.4. The van der Waals surface area contributed by atoms with Crippen molar-refractivity contribution in [3.8, 4) is 0 Å². The highest BCUT2D eigenvalue weighted by Crippen LogP contribution is 2.31. The number of ether oxygens (including phenoxy) is 1. The van der Waals surface area contributed by atoms with Crippen molar-refractivity contribution in [1.82, 2.24) is 4.90 Å². The molecule has 1 aromatic rings. The molecule has 0 aromatic heterocycles. The van der Waals surface area contributed by atoms with E-state index in [9.17, 15) is 4.79 Å². The molecule has 1 saturated heterocycles. The summed E-state index contributed by atoms with van der Waals surface area (Å²) in [5.41, 5.74) is 6.97. The van der Waals surface area contributed by atoms with E-state index in [1.165, 1.54) is 0 Å². The van der Waals surface area contributed by atoms with Crippen LogP contribution in [-0.2, 0) is 9.53 Å². The third-order valence-corrected chi connectivity index (χ3v) is 5.50. The summed E-state index contributed by atoms with van der Waals surface area (Å²) < 4.78 is 5.83. The van der Waals surface area contributed by atoms with E-state index >= 15 is 0 Å². The van der Waals surface area contributed by atoms with Crippen molar-refractivity contribution in [2.75, 3.05) is 19.7 Å². The molecule has 1 aliphatic heterocycles. The Bertz CT molecular complexity index is 585. The van der Waals surface area contributed by atoms with Gasteiger partial charge in [-0.25, -0.2) is 0 Å². The molecule has 1 saturated carbocycles. The predicted molar refractivity (Wildman–Crippen MR) is 98.9 cm³/mol. The molecule has 1 amide bonds. The Kier molecular flexibility index (Phi) is 7.20. The minimum absolute atomic E-state index is 0. The molecule has 0 radical (unpaired) electrons. The number of morpholine rings is 1. The average Bonchev–Trinajstić information content (AvgIpc) is 2.57. The third kappa shape index (κ3) is 4.55. The van der Waals surface area contributed by atoms with E-state index in [2.05, 4.69) is 0 Å². The predicted octanol–water partition coefficient (Wildman–Crippen LogP) is 3.83. The highest BCUT2D eigenvalue weighted by Gasteiger charge is 2.32. The highest BCUT2D eigenvalue weighted by atomic mass is 35.5. The maximum Gasteiger partial charge on any atom is 0.225 e. The normalized spacial score (nSPS) is 27.5. The van der Waals surface area contributed by atoms with Gasteiger partial charge in [0.1, 0.15) is 6.10 Å². The molecule has 24 heavy (non-hydrogen) atoms. The molecule has 3 rings (SSSR count). The SMILES string of the molecule is Cl.NC1CCCC(C(=O)N2CCOC(c3ccc(Cl)c(Cl)c3)C2)C1. The summed E-state index contributed by atoms with van der Waals surface area (Å²) in [6, 6.07) is 5.65. The molecule has 3 unspecified atom stereocenters. The number of nitrogens with two attached hydrogens (primary N) is 1. The number of halogens is 3. The van der Waals surface area contributed by atoms with Crippen LogP contribution in [0, 0.1) is 5.92 Å². The second-order valence-electron chi connectivity index (χ2n) is 6.44. The van der Waals surface area contributed by atoms with Crippen LogP contribution < -0.4 is 5.73 Å². The summed E-state index contributed by atoms with van der Waals surface area (Å²) >= 11 is 12.1. The van der Waals surface area contributed by atoms with Gasteiger partial charge in [0.05, 0.1) is 23.2 Å². The number of rotatable bonds is 2. The molecule has 1 aromatic carbocycles. The quantitative estimate of drug-likeness (QED) is 0.830. The molecular weight excluding hydrogens is 371 g/mol. The second kappa shape index (κ2) is 8.72. The van der Waals surface area contributed by atoms with Crippen molar-refractivity contribution < 1.29 is 9.53 Å². The Balaban J connectivity index is 0.00000208. The molecular formula is C17H23Cl3N2O2. The summed E-state index contributed by atoms with van der Waals surface area (Å²) in [4.78, 5) is 14.7. The van der Waals surface area contributed by atoms with Gasteiger partial charge in [-0.2, -0.15) is 0 Å². The van der Waals surface area contributed by atoms with Gasteiger partial charge in [0, 0.05) is 18.5 Å². The second-order valence-corrected chi connectivity index (χ2v) is 7.26. The Morgan fingerprint density at radius 2 is 2.04 bits per heavy atom. The lowest BCUT2D eigenvalue weighted by molar-refractivity contribution is -0.144. The molecule has 0 spiro atoms. The first-order valence-corrected chi connectivity index (χ1v) is 8.91. The maximum absolute atomic E-state index is 12.8. The summed E-state index contributed by atoms with van der Waals surface area (Å²) in [6.45, 7) is 1.74. The largest absolute Gasteiger partial charge is 0.370 e. The Labute approximate surface area is 159 Å². The van der Waals surface area contributed by atoms with Crippen LogP contribution >= 0.6 is 35.6 Å². The lowest BCUT2D eigenvalue weighted by Gasteiger charge is -2.37. The van der Waals surface area contributed by atoms with Crippen molar-refractivity contribution in [2.45, 2.75) is 37.8 Å². The third-order valence-electron chi connectivity index (χ3n) is 4.76. The first-order chi connectivity index (χ1) is 11.0. The Morgan fingerprint density at radius 1 is 1.25 bits per heavy atom. The van der Waals surface area contributed by atoms with Crippen LogP contribution in [0.4, 0.5) is 0 Å². The Hall–Kier alpha value is -0.520. The van der Waals surface area contributed by atoms with Gasteiger partial charge in [-0.15, -0.1) is 12.4 Å². The minimum Gasteiger partial charge on any atom is -0.370 e. The van der Waals surface area contributed by atoms with Crippen LogP contribution in [0.25, 0.3) is 0 Å². The average molecular weight is 394 g/mol. The smallest absolute Gasteiger partial charge is 0.225 e.